The van der Waals surface area contributed by atoms with Crippen LogP contribution in [-0.2, 0) is 13.1 Å². The van der Waals surface area contributed by atoms with Crippen molar-refractivity contribution in [2.45, 2.75) is 38.8 Å². The fraction of sp³-hybridized carbons (Fsp3) is 0.417. The Morgan fingerprint density at radius 1 is 0.536 bits per heavy atom. The Kier molecular flexibility index (Phi) is 6.64. The zero-order valence-corrected chi connectivity index (χ0v) is 16.6. The van der Waals surface area contributed by atoms with Crippen LogP contribution in [0.15, 0.2) is 70.9 Å². The fourth-order valence-electron chi connectivity index (χ4n) is 3.96. The molecule has 0 N–H and O–H groups in total. The van der Waals surface area contributed by atoms with Crippen LogP contribution in [0.25, 0.3) is 0 Å². The molecule has 2 aliphatic heterocycles. The lowest BCUT2D eigenvalue weighted by Gasteiger charge is -2.28. The standard InChI is InChI=1S/C24H30N4/c1-3-7-21(8-4-1)19-27-15-11-23(12-16-27)25-26-24-13-17-28(18-14-24)20-22-9-5-2-6-10-22/h1-10H,11-20H2. The summed E-state index contributed by atoms with van der Waals surface area (Å²) in [5.74, 6) is 0. The van der Waals surface area contributed by atoms with Crippen molar-refractivity contribution in [3.8, 4) is 0 Å². The number of hydrogen-bond acceptors (Lipinski definition) is 4. The minimum atomic E-state index is 1.04. The normalized spacial score (nSPS) is 18.9. The second kappa shape index (κ2) is 9.76. The summed E-state index contributed by atoms with van der Waals surface area (Å²) in [5.41, 5.74) is 5.32. The molecule has 0 radical (unpaired) electrons. The molecule has 2 heterocycles. The first-order valence-electron chi connectivity index (χ1n) is 10.5. The molecule has 0 aliphatic carbocycles. The highest BCUT2D eigenvalue weighted by Gasteiger charge is 2.17. The molecular weight excluding hydrogens is 344 g/mol. The molecule has 2 fully saturated rings. The highest BCUT2D eigenvalue weighted by molar-refractivity contribution is 5.89. The van der Waals surface area contributed by atoms with Crippen LogP contribution >= 0.6 is 0 Å². The first-order valence-corrected chi connectivity index (χ1v) is 10.5. The second-order valence-corrected chi connectivity index (χ2v) is 7.86. The number of likely N-dealkylation sites (tertiary alicyclic amines) is 2. The summed E-state index contributed by atoms with van der Waals surface area (Å²) in [4.78, 5) is 5.03. The van der Waals surface area contributed by atoms with Crippen molar-refractivity contribution in [3.63, 3.8) is 0 Å². The zero-order chi connectivity index (χ0) is 19.0. The van der Waals surface area contributed by atoms with Crippen LogP contribution in [0.4, 0.5) is 0 Å². The van der Waals surface area contributed by atoms with Crippen molar-refractivity contribution >= 4 is 11.4 Å². The highest BCUT2D eigenvalue weighted by atomic mass is 15.2. The predicted octanol–water partition coefficient (Wildman–Crippen LogP) is 4.38. The van der Waals surface area contributed by atoms with Gasteiger partial charge in [0, 0.05) is 76.4 Å². The van der Waals surface area contributed by atoms with Crippen molar-refractivity contribution in [3.05, 3.63) is 71.8 Å². The highest BCUT2D eigenvalue weighted by Crippen LogP contribution is 2.14. The van der Waals surface area contributed by atoms with E-state index in [-0.39, 0.29) is 0 Å². The van der Waals surface area contributed by atoms with Crippen LogP contribution in [-0.4, -0.2) is 47.4 Å². The molecule has 28 heavy (non-hydrogen) atoms. The van der Waals surface area contributed by atoms with Gasteiger partial charge in [0.05, 0.1) is 0 Å². The van der Waals surface area contributed by atoms with Gasteiger partial charge in [0.25, 0.3) is 0 Å². The van der Waals surface area contributed by atoms with Gasteiger partial charge in [-0.25, -0.2) is 0 Å². The number of piperidine rings is 2. The maximum atomic E-state index is 4.62. The molecule has 4 rings (SSSR count). The van der Waals surface area contributed by atoms with Gasteiger partial charge < -0.3 is 0 Å². The SMILES string of the molecule is c1ccc(CN2CCC(=NN=C3CCN(Cc4ccccc4)CC3)CC2)cc1. The summed E-state index contributed by atoms with van der Waals surface area (Å²) >= 11 is 0. The maximum Gasteiger partial charge on any atom is 0.0431 e. The van der Waals surface area contributed by atoms with Gasteiger partial charge in [-0.15, -0.1) is 0 Å². The Labute approximate surface area is 168 Å². The van der Waals surface area contributed by atoms with E-state index < -0.39 is 0 Å². The average molecular weight is 375 g/mol. The zero-order valence-electron chi connectivity index (χ0n) is 16.6. The topological polar surface area (TPSA) is 31.2 Å². The number of nitrogens with zero attached hydrogens (tertiary/aromatic N) is 4. The molecule has 0 aromatic heterocycles. The van der Waals surface area contributed by atoms with E-state index in [9.17, 15) is 0 Å². The van der Waals surface area contributed by atoms with E-state index in [2.05, 4.69) is 80.7 Å². The van der Waals surface area contributed by atoms with Crippen molar-refractivity contribution in [1.82, 2.24) is 9.80 Å². The lowest BCUT2D eigenvalue weighted by molar-refractivity contribution is 0.265. The molecule has 2 aromatic carbocycles. The van der Waals surface area contributed by atoms with E-state index in [1.54, 1.807) is 0 Å². The van der Waals surface area contributed by atoms with Gasteiger partial charge in [-0.2, -0.15) is 10.2 Å². The van der Waals surface area contributed by atoms with Crippen molar-refractivity contribution in [2.24, 2.45) is 10.2 Å². The number of benzene rings is 2. The number of rotatable bonds is 5. The van der Waals surface area contributed by atoms with Gasteiger partial charge in [0.2, 0.25) is 0 Å². The first kappa shape index (κ1) is 19.0. The van der Waals surface area contributed by atoms with Gasteiger partial charge in [0.1, 0.15) is 0 Å². The molecular formula is C24H30N4. The fourth-order valence-corrected chi connectivity index (χ4v) is 3.96. The molecule has 0 bridgehead atoms. The third-order valence-corrected chi connectivity index (χ3v) is 5.70. The van der Waals surface area contributed by atoms with Crippen LogP contribution in [0.5, 0.6) is 0 Å². The minimum Gasteiger partial charge on any atom is -0.298 e. The molecule has 0 spiro atoms. The molecule has 2 aliphatic rings. The molecule has 0 unspecified atom stereocenters. The number of hydrogen-bond donors (Lipinski definition) is 0. The van der Waals surface area contributed by atoms with E-state index in [0.29, 0.717) is 0 Å². The Balaban J connectivity index is 1.21. The third kappa shape index (κ3) is 5.60. The molecule has 4 nitrogen and oxygen atoms in total. The Morgan fingerprint density at radius 3 is 1.25 bits per heavy atom. The largest absolute Gasteiger partial charge is 0.298 e. The molecule has 4 heteroatoms. The minimum absolute atomic E-state index is 1.04. The van der Waals surface area contributed by atoms with E-state index in [1.807, 2.05) is 0 Å². The molecule has 2 aromatic rings. The molecule has 0 amide bonds. The van der Waals surface area contributed by atoms with Gasteiger partial charge in [-0.3, -0.25) is 9.80 Å². The van der Waals surface area contributed by atoms with Crippen molar-refractivity contribution < 1.29 is 0 Å². The summed E-state index contributed by atoms with van der Waals surface area (Å²) in [7, 11) is 0. The molecule has 2 saturated heterocycles. The summed E-state index contributed by atoms with van der Waals surface area (Å²) in [6.07, 6.45) is 4.18. The molecule has 0 saturated carbocycles. The average Bonchev–Trinajstić information content (AvgIpc) is 2.76. The molecule has 0 atom stereocenters. The molecule has 146 valence electrons. The summed E-state index contributed by atoms with van der Waals surface area (Å²) in [5, 5.41) is 9.23. The Hall–Kier alpha value is -2.30. The van der Waals surface area contributed by atoms with Gasteiger partial charge in [-0.1, -0.05) is 60.7 Å². The van der Waals surface area contributed by atoms with Gasteiger partial charge in [-0.05, 0) is 11.1 Å². The Morgan fingerprint density at radius 2 is 0.893 bits per heavy atom. The maximum absolute atomic E-state index is 4.62. The van der Waals surface area contributed by atoms with E-state index >= 15 is 0 Å². The van der Waals surface area contributed by atoms with Gasteiger partial charge >= 0.3 is 0 Å². The van der Waals surface area contributed by atoms with Crippen molar-refractivity contribution in [2.75, 3.05) is 26.2 Å². The van der Waals surface area contributed by atoms with Crippen LogP contribution in [0.3, 0.4) is 0 Å². The third-order valence-electron chi connectivity index (χ3n) is 5.70. The van der Waals surface area contributed by atoms with Gasteiger partial charge in [0.15, 0.2) is 0 Å². The van der Waals surface area contributed by atoms with E-state index in [1.165, 1.54) is 22.6 Å². The van der Waals surface area contributed by atoms with Crippen LogP contribution in [0.1, 0.15) is 36.8 Å². The van der Waals surface area contributed by atoms with Crippen LogP contribution in [0, 0.1) is 0 Å². The van der Waals surface area contributed by atoms with Crippen LogP contribution in [0.2, 0.25) is 0 Å². The lowest BCUT2D eigenvalue weighted by Crippen LogP contribution is -2.34. The smallest absolute Gasteiger partial charge is 0.0431 e. The van der Waals surface area contributed by atoms with Crippen molar-refractivity contribution in [1.29, 1.82) is 0 Å². The summed E-state index contributed by atoms with van der Waals surface area (Å²) < 4.78 is 0. The first-order chi connectivity index (χ1) is 13.8. The van der Waals surface area contributed by atoms with E-state index in [0.717, 1.165) is 65.0 Å². The summed E-state index contributed by atoms with van der Waals surface area (Å²) in [6, 6.07) is 21.5. The Bertz CT molecular complexity index is 708. The van der Waals surface area contributed by atoms with E-state index in [4.69, 9.17) is 0 Å². The summed E-state index contributed by atoms with van der Waals surface area (Å²) in [6.45, 7) is 6.43. The predicted molar refractivity (Wildman–Crippen MR) is 117 cm³/mol. The van der Waals surface area contributed by atoms with Crippen LogP contribution < -0.4 is 0 Å². The lowest BCUT2D eigenvalue weighted by atomic mass is 10.1. The quantitative estimate of drug-likeness (QED) is 0.728. The monoisotopic (exact) mass is 374 g/mol. The second-order valence-electron chi connectivity index (χ2n) is 7.86.